The van der Waals surface area contributed by atoms with Crippen molar-refractivity contribution in [3.63, 3.8) is 0 Å². The summed E-state index contributed by atoms with van der Waals surface area (Å²) >= 11 is 0. The zero-order valence-corrected chi connectivity index (χ0v) is 27.3. The molecule has 0 aromatic heterocycles. The molecule has 2 N–H and O–H groups in total. The molecule has 4 nitrogen and oxygen atoms in total. The summed E-state index contributed by atoms with van der Waals surface area (Å²) in [4.78, 5) is 5.28. The highest BCUT2D eigenvalue weighted by atomic mass is 15.2. The normalized spacial score (nSPS) is 14.9. The molecule has 35 heavy (non-hydrogen) atoms. The third-order valence-corrected chi connectivity index (χ3v) is 7.22. The molecule has 0 unspecified atom stereocenters. The van der Waals surface area contributed by atoms with Crippen molar-refractivity contribution in [3.05, 3.63) is 0 Å². The number of hydrogen-bond donors (Lipinski definition) is 2. The highest BCUT2D eigenvalue weighted by molar-refractivity contribution is 4.91. The monoisotopic (exact) mass is 497 g/mol. The Morgan fingerprint density at radius 3 is 0.886 bits per heavy atom. The maximum absolute atomic E-state index is 3.83. The molecular weight excluding hydrogens is 428 g/mol. The second-order valence-corrected chi connectivity index (χ2v) is 16.2. The van der Waals surface area contributed by atoms with Gasteiger partial charge in [0.2, 0.25) is 0 Å². The fourth-order valence-electron chi connectivity index (χ4n) is 5.59. The van der Waals surface area contributed by atoms with E-state index in [9.17, 15) is 0 Å². The van der Waals surface area contributed by atoms with Crippen LogP contribution in [0.1, 0.15) is 143 Å². The van der Waals surface area contributed by atoms with Crippen molar-refractivity contribution in [1.29, 1.82) is 0 Å². The van der Waals surface area contributed by atoms with Gasteiger partial charge in [-0.3, -0.25) is 9.80 Å². The Bertz CT molecular complexity index is 499. The Kier molecular flexibility index (Phi) is 13.0. The van der Waals surface area contributed by atoms with Crippen molar-refractivity contribution >= 4 is 0 Å². The maximum Gasteiger partial charge on any atom is 0.0137 e. The SMILES string of the molecule is CC(C)(CCN(C(C)(C)C)C(C)(C)C)NCCCCCNC(C)(C)CCN(C(C)(C)C)C(C)(C)C. The standard InChI is InChI=1S/C31H68N4/c1-26(2,3)34(27(4,5)6)24-20-30(13,14)32-22-18-17-19-23-33-31(15,16)21-25-35(28(7,8)9)29(10,11)12/h32-33H,17-25H2,1-16H3. The third kappa shape index (κ3) is 15.0. The minimum atomic E-state index is 0.168. The second-order valence-electron chi connectivity index (χ2n) is 16.2. The van der Waals surface area contributed by atoms with Gasteiger partial charge in [-0.15, -0.1) is 0 Å². The summed E-state index contributed by atoms with van der Waals surface area (Å²) in [5.74, 6) is 0. The van der Waals surface area contributed by atoms with Crippen molar-refractivity contribution in [3.8, 4) is 0 Å². The van der Waals surface area contributed by atoms with E-state index < -0.39 is 0 Å². The molecule has 212 valence electrons. The van der Waals surface area contributed by atoms with Crippen LogP contribution in [0.3, 0.4) is 0 Å². The van der Waals surface area contributed by atoms with Crippen LogP contribution in [0, 0.1) is 0 Å². The predicted octanol–water partition coefficient (Wildman–Crippen LogP) is 7.47. The fraction of sp³-hybridized carbons (Fsp3) is 1.00. The van der Waals surface area contributed by atoms with E-state index in [0.717, 1.165) is 39.0 Å². The molecule has 0 aliphatic rings. The third-order valence-electron chi connectivity index (χ3n) is 7.22. The Labute approximate surface area is 222 Å². The van der Waals surface area contributed by atoms with Gasteiger partial charge in [0.25, 0.3) is 0 Å². The quantitative estimate of drug-likeness (QED) is 0.244. The summed E-state index contributed by atoms with van der Waals surface area (Å²) < 4.78 is 0. The van der Waals surface area contributed by atoms with Gasteiger partial charge in [0, 0.05) is 46.3 Å². The van der Waals surface area contributed by atoms with E-state index >= 15 is 0 Å². The van der Waals surface area contributed by atoms with E-state index in [1.54, 1.807) is 0 Å². The maximum atomic E-state index is 3.83. The summed E-state index contributed by atoms with van der Waals surface area (Å²) in [6.07, 6.45) is 6.10. The summed E-state index contributed by atoms with van der Waals surface area (Å²) in [5.41, 5.74) is 1.08. The lowest BCUT2D eigenvalue weighted by molar-refractivity contribution is 0.0302. The molecule has 0 saturated heterocycles. The van der Waals surface area contributed by atoms with Crippen LogP contribution >= 0.6 is 0 Å². The van der Waals surface area contributed by atoms with Crippen molar-refractivity contribution < 1.29 is 0 Å². The summed E-state index contributed by atoms with van der Waals surface area (Å²) in [5, 5.41) is 7.67. The minimum absolute atomic E-state index is 0.168. The first-order valence-electron chi connectivity index (χ1n) is 14.4. The lowest BCUT2D eigenvalue weighted by Crippen LogP contribution is -2.55. The van der Waals surface area contributed by atoms with Gasteiger partial charge in [0.1, 0.15) is 0 Å². The second kappa shape index (κ2) is 13.1. The summed E-state index contributed by atoms with van der Waals surface area (Å²) in [7, 11) is 0. The average Bonchev–Trinajstić information content (AvgIpc) is 2.55. The number of hydrogen-bond acceptors (Lipinski definition) is 4. The molecule has 4 heteroatoms. The molecule has 0 aliphatic heterocycles. The fourth-order valence-corrected chi connectivity index (χ4v) is 5.59. The number of nitrogens with zero attached hydrogens (tertiary/aromatic N) is 2. The van der Waals surface area contributed by atoms with Gasteiger partial charge in [-0.25, -0.2) is 0 Å². The molecule has 0 atom stereocenters. The zero-order valence-electron chi connectivity index (χ0n) is 27.3. The minimum Gasteiger partial charge on any atom is -0.312 e. The molecule has 0 saturated carbocycles. The Morgan fingerprint density at radius 2 is 0.657 bits per heavy atom. The van der Waals surface area contributed by atoms with Crippen molar-refractivity contribution in [1.82, 2.24) is 20.4 Å². The van der Waals surface area contributed by atoms with Gasteiger partial charge >= 0.3 is 0 Å². The highest BCUT2D eigenvalue weighted by Crippen LogP contribution is 2.27. The van der Waals surface area contributed by atoms with Gasteiger partial charge in [0.05, 0.1) is 0 Å². The first-order valence-corrected chi connectivity index (χ1v) is 14.4. The molecule has 0 spiro atoms. The van der Waals surface area contributed by atoms with E-state index in [-0.39, 0.29) is 33.2 Å². The lowest BCUT2D eigenvalue weighted by atomic mass is 9.92. The van der Waals surface area contributed by atoms with E-state index in [4.69, 9.17) is 0 Å². The first-order chi connectivity index (χ1) is 15.4. The van der Waals surface area contributed by atoms with Crippen LogP contribution in [-0.2, 0) is 0 Å². The molecule has 0 radical (unpaired) electrons. The largest absolute Gasteiger partial charge is 0.312 e. The van der Waals surface area contributed by atoms with Crippen molar-refractivity contribution in [2.75, 3.05) is 26.2 Å². The first kappa shape index (κ1) is 34.8. The summed E-state index contributed by atoms with van der Waals surface area (Å²) in [6.45, 7) is 41.9. The molecule has 0 fully saturated rings. The molecular formula is C31H68N4. The van der Waals surface area contributed by atoms with Crippen LogP contribution in [0.2, 0.25) is 0 Å². The molecule has 0 bridgehead atoms. The van der Waals surface area contributed by atoms with Gasteiger partial charge in [-0.1, -0.05) is 6.42 Å². The predicted molar refractivity (Wildman–Crippen MR) is 160 cm³/mol. The number of unbranched alkanes of at least 4 members (excludes halogenated alkanes) is 2. The zero-order chi connectivity index (χ0) is 27.9. The van der Waals surface area contributed by atoms with E-state index in [0.29, 0.717) is 0 Å². The van der Waals surface area contributed by atoms with Gasteiger partial charge in [-0.05, 0) is 150 Å². The van der Waals surface area contributed by atoms with Crippen LogP contribution in [0.25, 0.3) is 0 Å². The molecule has 0 aromatic rings. The van der Waals surface area contributed by atoms with E-state index in [2.05, 4.69) is 131 Å². The molecule has 0 aromatic carbocycles. The molecule has 0 amide bonds. The van der Waals surface area contributed by atoms with E-state index in [1.807, 2.05) is 0 Å². The van der Waals surface area contributed by atoms with Gasteiger partial charge in [-0.2, -0.15) is 0 Å². The van der Waals surface area contributed by atoms with Gasteiger partial charge in [0.15, 0.2) is 0 Å². The number of nitrogens with one attached hydrogen (secondary N) is 2. The van der Waals surface area contributed by atoms with E-state index in [1.165, 1.54) is 19.3 Å². The smallest absolute Gasteiger partial charge is 0.0137 e. The van der Waals surface area contributed by atoms with Crippen LogP contribution < -0.4 is 10.6 Å². The van der Waals surface area contributed by atoms with Crippen LogP contribution in [0.15, 0.2) is 0 Å². The Morgan fingerprint density at radius 1 is 0.400 bits per heavy atom. The van der Waals surface area contributed by atoms with Gasteiger partial charge < -0.3 is 10.6 Å². The van der Waals surface area contributed by atoms with Crippen LogP contribution in [0.4, 0.5) is 0 Å². The van der Waals surface area contributed by atoms with Crippen molar-refractivity contribution in [2.24, 2.45) is 0 Å². The van der Waals surface area contributed by atoms with Crippen molar-refractivity contribution in [2.45, 2.75) is 176 Å². The topological polar surface area (TPSA) is 30.5 Å². The lowest BCUT2D eigenvalue weighted by Gasteiger charge is -2.46. The van der Waals surface area contributed by atoms with Crippen LogP contribution in [0.5, 0.6) is 0 Å². The molecule has 0 aliphatic carbocycles. The Balaban J connectivity index is 4.33. The summed E-state index contributed by atoms with van der Waals surface area (Å²) in [6, 6.07) is 0. The average molecular weight is 497 g/mol. The molecule has 0 rings (SSSR count). The Hall–Kier alpha value is -0.160. The highest BCUT2D eigenvalue weighted by Gasteiger charge is 2.33. The number of rotatable bonds is 14. The van der Waals surface area contributed by atoms with Crippen LogP contribution in [-0.4, -0.2) is 69.2 Å². The molecule has 0 heterocycles.